The molecule has 0 fully saturated rings. The first-order valence-electron chi connectivity index (χ1n) is 9.02. The van der Waals surface area contributed by atoms with Crippen LogP contribution < -0.4 is 9.62 Å². The lowest BCUT2D eigenvalue weighted by Crippen LogP contribution is -2.41. The number of nitrogens with zero attached hydrogens (tertiary/aromatic N) is 1. The van der Waals surface area contributed by atoms with Crippen LogP contribution in [0.4, 0.5) is 5.69 Å². The van der Waals surface area contributed by atoms with Gasteiger partial charge in [-0.2, -0.15) is 0 Å². The molecule has 2 rings (SSSR count). The lowest BCUT2D eigenvalue weighted by molar-refractivity contribution is -0.120. The van der Waals surface area contributed by atoms with Crippen LogP contribution in [0, 0.1) is 20.8 Å². The van der Waals surface area contributed by atoms with Crippen molar-refractivity contribution in [3.8, 4) is 0 Å². The third kappa shape index (κ3) is 5.57. The maximum Gasteiger partial charge on any atom is 0.241 e. The van der Waals surface area contributed by atoms with Gasteiger partial charge in [0.15, 0.2) is 0 Å². The molecule has 0 radical (unpaired) electrons. The fourth-order valence-corrected chi connectivity index (χ4v) is 3.74. The molecule has 27 heavy (non-hydrogen) atoms. The molecule has 0 saturated heterocycles. The van der Waals surface area contributed by atoms with Crippen LogP contribution in [0.5, 0.6) is 0 Å². The van der Waals surface area contributed by atoms with Crippen LogP contribution >= 0.6 is 0 Å². The number of carbonyl (C=O) groups is 1. The third-order valence-corrected chi connectivity index (χ3v) is 5.83. The molecule has 146 valence electrons. The maximum atomic E-state index is 12.6. The van der Waals surface area contributed by atoms with Crippen molar-refractivity contribution >= 4 is 21.6 Å². The van der Waals surface area contributed by atoms with Crippen LogP contribution in [0.15, 0.2) is 42.5 Å². The Morgan fingerprint density at radius 2 is 1.67 bits per heavy atom. The lowest BCUT2D eigenvalue weighted by atomic mass is 9.99. The average molecular weight is 389 g/mol. The van der Waals surface area contributed by atoms with Crippen LogP contribution in [0.25, 0.3) is 0 Å². The normalized spacial score (nSPS) is 12.5. The highest BCUT2D eigenvalue weighted by Gasteiger charge is 2.22. The number of hydrogen-bond acceptors (Lipinski definition) is 3. The first kappa shape index (κ1) is 21.0. The van der Waals surface area contributed by atoms with Crippen molar-refractivity contribution in [1.29, 1.82) is 0 Å². The van der Waals surface area contributed by atoms with Crippen LogP contribution in [0.3, 0.4) is 0 Å². The minimum Gasteiger partial charge on any atom is -0.348 e. The second-order valence-corrected chi connectivity index (χ2v) is 8.88. The van der Waals surface area contributed by atoms with E-state index >= 15 is 0 Å². The monoisotopic (exact) mass is 388 g/mol. The summed E-state index contributed by atoms with van der Waals surface area (Å²) in [7, 11) is -3.57. The van der Waals surface area contributed by atoms with Gasteiger partial charge in [-0.15, -0.1) is 0 Å². The fraction of sp³-hybridized carbons (Fsp3) is 0.381. The zero-order valence-corrected chi connectivity index (χ0v) is 17.4. The number of anilines is 1. The Balaban J connectivity index is 2.19. The number of amides is 1. The summed E-state index contributed by atoms with van der Waals surface area (Å²) in [5.74, 6) is -0.328. The van der Waals surface area contributed by atoms with Crippen molar-refractivity contribution in [2.75, 3.05) is 17.1 Å². The van der Waals surface area contributed by atoms with Crippen LogP contribution in [-0.4, -0.2) is 27.1 Å². The molecule has 0 aliphatic heterocycles. The number of benzene rings is 2. The Hall–Kier alpha value is -2.34. The molecule has 0 saturated carbocycles. The summed E-state index contributed by atoms with van der Waals surface area (Å²) in [5, 5.41) is 2.97. The zero-order chi connectivity index (χ0) is 20.2. The Morgan fingerprint density at radius 1 is 1.04 bits per heavy atom. The fourth-order valence-electron chi connectivity index (χ4n) is 2.88. The van der Waals surface area contributed by atoms with Crippen molar-refractivity contribution in [2.24, 2.45) is 0 Å². The molecular formula is C21H28N2O3S. The summed E-state index contributed by atoms with van der Waals surface area (Å²) >= 11 is 0. The Bertz CT molecular complexity index is 906. The quantitative estimate of drug-likeness (QED) is 0.787. The predicted octanol–water partition coefficient (Wildman–Crippen LogP) is 3.65. The highest BCUT2D eigenvalue weighted by molar-refractivity contribution is 7.92. The molecule has 1 amide bonds. The number of rotatable bonds is 7. The van der Waals surface area contributed by atoms with E-state index in [1.165, 1.54) is 5.56 Å². The molecule has 0 aromatic heterocycles. The molecule has 6 heteroatoms. The van der Waals surface area contributed by atoms with E-state index in [1.54, 1.807) is 12.1 Å². The highest BCUT2D eigenvalue weighted by atomic mass is 32.2. The molecule has 0 bridgehead atoms. The van der Waals surface area contributed by atoms with E-state index in [4.69, 9.17) is 0 Å². The Labute approximate surface area is 162 Å². The molecule has 0 aliphatic carbocycles. The van der Waals surface area contributed by atoms with E-state index in [1.807, 2.05) is 52.0 Å². The number of carbonyl (C=O) groups excluding carboxylic acids is 1. The van der Waals surface area contributed by atoms with Gasteiger partial charge in [-0.05, 0) is 56.0 Å². The molecule has 0 heterocycles. The largest absolute Gasteiger partial charge is 0.348 e. The van der Waals surface area contributed by atoms with Gasteiger partial charge in [-0.1, -0.05) is 42.8 Å². The van der Waals surface area contributed by atoms with Gasteiger partial charge in [0.1, 0.15) is 6.54 Å². The molecule has 2 aromatic rings. The van der Waals surface area contributed by atoms with E-state index in [0.717, 1.165) is 33.7 Å². The average Bonchev–Trinajstić information content (AvgIpc) is 2.60. The molecule has 0 aliphatic rings. The Kier molecular flexibility index (Phi) is 6.65. The first-order valence-corrected chi connectivity index (χ1v) is 10.9. The summed E-state index contributed by atoms with van der Waals surface area (Å²) in [6, 6.07) is 13.0. The van der Waals surface area contributed by atoms with Gasteiger partial charge in [0.25, 0.3) is 0 Å². The SMILES string of the molecule is CC[C@H](NC(=O)CN(c1ccc(C)cc1)S(C)(=O)=O)c1ccc(C)c(C)c1. The van der Waals surface area contributed by atoms with E-state index in [9.17, 15) is 13.2 Å². The predicted molar refractivity (Wildman–Crippen MR) is 110 cm³/mol. The van der Waals surface area contributed by atoms with Crippen LogP contribution in [0.1, 0.15) is 41.6 Å². The summed E-state index contributed by atoms with van der Waals surface area (Å²) in [4.78, 5) is 12.6. The molecule has 5 nitrogen and oxygen atoms in total. The highest BCUT2D eigenvalue weighted by Crippen LogP contribution is 2.21. The Morgan fingerprint density at radius 3 is 2.19 bits per heavy atom. The topological polar surface area (TPSA) is 66.5 Å². The van der Waals surface area contributed by atoms with Crippen molar-refractivity contribution in [2.45, 2.75) is 40.2 Å². The van der Waals surface area contributed by atoms with Gasteiger partial charge in [-0.25, -0.2) is 8.42 Å². The van der Waals surface area contributed by atoms with Crippen molar-refractivity contribution in [3.05, 3.63) is 64.7 Å². The molecule has 0 unspecified atom stereocenters. The van der Waals surface area contributed by atoms with E-state index in [2.05, 4.69) is 11.4 Å². The first-order chi connectivity index (χ1) is 12.6. The number of aryl methyl sites for hydroxylation is 3. The molecular weight excluding hydrogens is 360 g/mol. The number of nitrogens with one attached hydrogen (secondary N) is 1. The standard InChI is InChI=1S/C21H28N2O3S/c1-6-20(18-10-9-16(3)17(4)13-18)22-21(24)14-23(27(5,25)26)19-11-7-15(2)8-12-19/h7-13,20H,6,14H2,1-5H3,(H,22,24)/t20-/m0/s1. The van der Waals surface area contributed by atoms with Gasteiger partial charge in [0, 0.05) is 0 Å². The number of sulfonamides is 1. The van der Waals surface area contributed by atoms with E-state index in [-0.39, 0.29) is 18.5 Å². The van der Waals surface area contributed by atoms with E-state index in [0.29, 0.717) is 5.69 Å². The zero-order valence-electron chi connectivity index (χ0n) is 16.6. The minimum absolute atomic E-state index is 0.156. The summed E-state index contributed by atoms with van der Waals surface area (Å²) < 4.78 is 25.5. The second-order valence-electron chi connectivity index (χ2n) is 6.98. The summed E-state index contributed by atoms with van der Waals surface area (Å²) in [5.41, 5.74) is 4.89. The van der Waals surface area contributed by atoms with Gasteiger partial charge in [0.2, 0.25) is 15.9 Å². The smallest absolute Gasteiger partial charge is 0.241 e. The minimum atomic E-state index is -3.57. The van der Waals surface area contributed by atoms with E-state index < -0.39 is 10.0 Å². The van der Waals surface area contributed by atoms with Gasteiger partial charge >= 0.3 is 0 Å². The molecule has 1 atom stereocenters. The van der Waals surface area contributed by atoms with Crippen molar-refractivity contribution < 1.29 is 13.2 Å². The second kappa shape index (κ2) is 8.57. The van der Waals surface area contributed by atoms with Crippen molar-refractivity contribution in [1.82, 2.24) is 5.32 Å². The lowest BCUT2D eigenvalue weighted by Gasteiger charge is -2.24. The number of hydrogen-bond donors (Lipinski definition) is 1. The maximum absolute atomic E-state index is 12.6. The van der Waals surface area contributed by atoms with Crippen LogP contribution in [-0.2, 0) is 14.8 Å². The van der Waals surface area contributed by atoms with Gasteiger partial charge in [-0.3, -0.25) is 9.10 Å². The van der Waals surface area contributed by atoms with Gasteiger partial charge < -0.3 is 5.32 Å². The van der Waals surface area contributed by atoms with Gasteiger partial charge in [0.05, 0.1) is 18.0 Å². The van der Waals surface area contributed by atoms with Crippen molar-refractivity contribution in [3.63, 3.8) is 0 Å². The summed E-state index contributed by atoms with van der Waals surface area (Å²) in [6.45, 7) is 7.76. The molecule has 0 spiro atoms. The molecule has 1 N–H and O–H groups in total. The summed E-state index contributed by atoms with van der Waals surface area (Å²) in [6.07, 6.45) is 1.83. The molecule has 2 aromatic carbocycles. The van der Waals surface area contributed by atoms with Crippen LogP contribution in [0.2, 0.25) is 0 Å². The third-order valence-electron chi connectivity index (χ3n) is 4.69.